The molecule has 1 rings (SSSR count). The smallest absolute Gasteiger partial charge is 0.192 e. The summed E-state index contributed by atoms with van der Waals surface area (Å²) in [5.74, 6) is 4.85. The van der Waals surface area contributed by atoms with Crippen LogP contribution in [0.15, 0.2) is 30.3 Å². The van der Waals surface area contributed by atoms with Crippen LogP contribution in [0.5, 0.6) is 0 Å². The summed E-state index contributed by atoms with van der Waals surface area (Å²) in [6.07, 6.45) is 0.149. The maximum Gasteiger partial charge on any atom is 0.192 e. The van der Waals surface area contributed by atoms with Gasteiger partial charge in [-0.1, -0.05) is 36.3 Å². The zero-order valence-electron chi connectivity index (χ0n) is 9.68. The van der Waals surface area contributed by atoms with E-state index in [-0.39, 0.29) is 12.2 Å². The Hall–Kier alpha value is -1.92. The van der Waals surface area contributed by atoms with Crippen molar-refractivity contribution in [3.05, 3.63) is 35.9 Å². The van der Waals surface area contributed by atoms with Gasteiger partial charge in [-0.15, -0.1) is 0 Å². The van der Waals surface area contributed by atoms with Crippen molar-refractivity contribution in [2.24, 2.45) is 0 Å². The quantitative estimate of drug-likeness (QED) is 0.440. The molecule has 1 atom stereocenters. The third-order valence-corrected chi connectivity index (χ3v) is 2.14. The third-order valence-electron chi connectivity index (χ3n) is 2.14. The fraction of sp³-hybridized carbons (Fsp3) is 0.286. The van der Waals surface area contributed by atoms with Gasteiger partial charge in [-0.3, -0.25) is 9.59 Å². The molecule has 0 heterocycles. The average molecular weight is 230 g/mol. The summed E-state index contributed by atoms with van der Waals surface area (Å²) in [5.41, 5.74) is 0.630. The van der Waals surface area contributed by atoms with E-state index >= 15 is 0 Å². The zero-order valence-corrected chi connectivity index (χ0v) is 9.68. The van der Waals surface area contributed by atoms with Crippen LogP contribution in [0.25, 0.3) is 0 Å². The Balaban J connectivity index is 2.67. The molecule has 0 fully saturated rings. The van der Waals surface area contributed by atoms with Crippen molar-refractivity contribution in [3.8, 4) is 11.8 Å². The van der Waals surface area contributed by atoms with Gasteiger partial charge in [0.1, 0.15) is 6.10 Å². The minimum Gasteiger partial charge on any atom is -0.365 e. The van der Waals surface area contributed by atoms with Crippen molar-refractivity contribution in [3.63, 3.8) is 0 Å². The number of hydrogen-bond acceptors (Lipinski definition) is 3. The van der Waals surface area contributed by atoms with Crippen LogP contribution in [0.2, 0.25) is 0 Å². The number of rotatable bonds is 5. The van der Waals surface area contributed by atoms with Crippen molar-refractivity contribution < 1.29 is 14.3 Å². The van der Waals surface area contributed by atoms with E-state index < -0.39 is 6.10 Å². The van der Waals surface area contributed by atoms with Crippen molar-refractivity contribution in [2.75, 3.05) is 6.61 Å². The van der Waals surface area contributed by atoms with E-state index in [9.17, 15) is 9.59 Å². The highest BCUT2D eigenvalue weighted by Crippen LogP contribution is 2.07. The summed E-state index contributed by atoms with van der Waals surface area (Å²) < 4.78 is 5.28. The second kappa shape index (κ2) is 7.37. The Labute approximate surface area is 101 Å². The first-order valence-electron chi connectivity index (χ1n) is 5.42. The van der Waals surface area contributed by atoms with Gasteiger partial charge in [-0.2, -0.15) is 0 Å². The van der Waals surface area contributed by atoms with E-state index in [1.807, 2.05) is 13.0 Å². The van der Waals surface area contributed by atoms with Crippen LogP contribution in [-0.2, 0) is 9.53 Å². The van der Waals surface area contributed by atoms with Gasteiger partial charge in [0, 0.05) is 18.6 Å². The zero-order chi connectivity index (χ0) is 12.5. The molecule has 0 aliphatic heterocycles. The van der Waals surface area contributed by atoms with E-state index in [1.165, 1.54) is 0 Å². The molecule has 0 radical (unpaired) electrons. The van der Waals surface area contributed by atoms with Crippen LogP contribution in [0.3, 0.4) is 0 Å². The lowest BCUT2D eigenvalue weighted by atomic mass is 10.1. The molecule has 0 N–H and O–H groups in total. The Morgan fingerprint density at radius 3 is 2.71 bits per heavy atom. The molecule has 3 heteroatoms. The first-order chi connectivity index (χ1) is 8.27. The summed E-state index contributed by atoms with van der Waals surface area (Å²) >= 11 is 0. The molecule has 0 saturated heterocycles. The Morgan fingerprint density at radius 1 is 1.41 bits per heavy atom. The molecule has 3 nitrogen and oxygen atoms in total. The summed E-state index contributed by atoms with van der Waals surface area (Å²) in [4.78, 5) is 22.0. The number of carbonyl (C=O) groups is 2. The minimum atomic E-state index is -0.516. The third kappa shape index (κ3) is 4.62. The van der Waals surface area contributed by atoms with E-state index in [1.54, 1.807) is 24.3 Å². The molecule has 0 aromatic heterocycles. The Kier molecular flexibility index (Phi) is 5.70. The number of carbonyl (C=O) groups excluding carboxylic acids is 2. The van der Waals surface area contributed by atoms with Gasteiger partial charge in [-0.25, -0.2) is 0 Å². The molecule has 0 aliphatic rings. The number of benzene rings is 1. The number of Topliss-reactive ketones (excluding diaryl/α,β-unsaturated/α-hetero) is 1. The van der Waals surface area contributed by atoms with E-state index in [2.05, 4.69) is 11.8 Å². The largest absolute Gasteiger partial charge is 0.365 e. The van der Waals surface area contributed by atoms with E-state index in [0.29, 0.717) is 18.5 Å². The highest BCUT2D eigenvalue weighted by Gasteiger charge is 2.12. The van der Waals surface area contributed by atoms with Gasteiger partial charge in [0.05, 0.1) is 0 Å². The molecule has 0 saturated carbocycles. The van der Waals surface area contributed by atoms with Crippen molar-refractivity contribution in [1.29, 1.82) is 0 Å². The van der Waals surface area contributed by atoms with Crippen LogP contribution in [0.4, 0.5) is 0 Å². The van der Waals surface area contributed by atoms with E-state index in [4.69, 9.17) is 4.74 Å². The molecule has 0 bridgehead atoms. The molecular formula is C14H14O3. The normalized spacial score (nSPS) is 11.1. The molecule has 1 unspecified atom stereocenters. The highest BCUT2D eigenvalue weighted by molar-refractivity contribution is 5.96. The van der Waals surface area contributed by atoms with Gasteiger partial charge in [-0.05, 0) is 12.8 Å². The van der Waals surface area contributed by atoms with Crippen molar-refractivity contribution in [2.45, 2.75) is 19.4 Å². The van der Waals surface area contributed by atoms with Crippen LogP contribution in [0.1, 0.15) is 23.7 Å². The second-order valence-corrected chi connectivity index (χ2v) is 3.34. The molecule has 17 heavy (non-hydrogen) atoms. The number of hydrogen-bond donors (Lipinski definition) is 0. The van der Waals surface area contributed by atoms with Crippen molar-refractivity contribution >= 4 is 12.1 Å². The lowest BCUT2D eigenvalue weighted by Crippen LogP contribution is -2.16. The van der Waals surface area contributed by atoms with Gasteiger partial charge >= 0.3 is 0 Å². The number of ketones is 1. The molecule has 0 amide bonds. The Morgan fingerprint density at radius 2 is 2.12 bits per heavy atom. The molecule has 1 aromatic rings. The minimum absolute atomic E-state index is 0.0377. The first kappa shape index (κ1) is 13.1. The molecule has 0 aliphatic carbocycles. The van der Waals surface area contributed by atoms with Crippen LogP contribution in [-0.4, -0.2) is 24.8 Å². The molecule has 1 aromatic carbocycles. The fourth-order valence-corrected chi connectivity index (χ4v) is 1.39. The summed E-state index contributed by atoms with van der Waals surface area (Å²) in [7, 11) is 0. The first-order valence-corrected chi connectivity index (χ1v) is 5.42. The van der Waals surface area contributed by atoms with Gasteiger partial charge in [0.2, 0.25) is 0 Å². The SMILES string of the molecule is CCOC(C#CC=O)CC(=O)c1ccccc1. The fourth-order valence-electron chi connectivity index (χ4n) is 1.39. The predicted molar refractivity (Wildman–Crippen MR) is 64.6 cm³/mol. The van der Waals surface area contributed by atoms with Crippen LogP contribution < -0.4 is 0 Å². The van der Waals surface area contributed by atoms with Gasteiger partial charge in [0.15, 0.2) is 12.1 Å². The number of aldehydes is 1. The molecule has 0 spiro atoms. The summed E-state index contributed by atoms with van der Waals surface area (Å²) in [6.45, 7) is 2.28. The van der Waals surface area contributed by atoms with E-state index in [0.717, 1.165) is 0 Å². The maximum absolute atomic E-state index is 11.9. The van der Waals surface area contributed by atoms with Crippen LogP contribution in [0, 0.1) is 11.8 Å². The Bertz CT molecular complexity index is 426. The summed E-state index contributed by atoms with van der Waals surface area (Å²) in [6, 6.07) is 8.96. The van der Waals surface area contributed by atoms with Crippen LogP contribution >= 0.6 is 0 Å². The summed E-state index contributed by atoms with van der Waals surface area (Å²) in [5, 5.41) is 0. The second-order valence-electron chi connectivity index (χ2n) is 3.34. The van der Waals surface area contributed by atoms with Gasteiger partial charge in [0.25, 0.3) is 0 Å². The molecule has 88 valence electrons. The monoisotopic (exact) mass is 230 g/mol. The molecular weight excluding hydrogens is 216 g/mol. The number of ether oxygens (including phenoxy) is 1. The lowest BCUT2D eigenvalue weighted by molar-refractivity contribution is -0.103. The standard InChI is InChI=1S/C14H14O3/c1-2-17-13(9-6-10-15)11-14(16)12-7-4-3-5-8-12/h3-5,7-8,10,13H,2,11H2,1H3. The maximum atomic E-state index is 11.9. The predicted octanol–water partition coefficient (Wildman–Crippen LogP) is 1.87. The highest BCUT2D eigenvalue weighted by atomic mass is 16.5. The topological polar surface area (TPSA) is 43.4 Å². The van der Waals surface area contributed by atoms with Gasteiger partial charge < -0.3 is 4.74 Å². The average Bonchev–Trinajstić information content (AvgIpc) is 2.37. The van der Waals surface area contributed by atoms with Crippen molar-refractivity contribution in [1.82, 2.24) is 0 Å². The lowest BCUT2D eigenvalue weighted by Gasteiger charge is -2.09.